The predicted molar refractivity (Wildman–Crippen MR) is 86.3 cm³/mol. The van der Waals surface area contributed by atoms with E-state index in [9.17, 15) is 0 Å². The summed E-state index contributed by atoms with van der Waals surface area (Å²) in [5, 5.41) is 7.68. The average Bonchev–Trinajstić information content (AvgIpc) is 2.49. The van der Waals surface area contributed by atoms with E-state index < -0.39 is 0 Å². The zero-order valence-electron chi connectivity index (χ0n) is 13.2. The summed E-state index contributed by atoms with van der Waals surface area (Å²) in [6.45, 7) is 6.37. The van der Waals surface area contributed by atoms with Gasteiger partial charge in [-0.15, -0.1) is 0 Å². The van der Waals surface area contributed by atoms with Crippen molar-refractivity contribution in [3.63, 3.8) is 0 Å². The molecule has 0 atom stereocenters. The molecule has 3 nitrogen and oxygen atoms in total. The highest BCUT2D eigenvalue weighted by molar-refractivity contribution is 5.45. The molecule has 0 aliphatic carbocycles. The number of anilines is 1. The van der Waals surface area contributed by atoms with Gasteiger partial charge in [0.2, 0.25) is 0 Å². The first-order valence-corrected chi connectivity index (χ1v) is 7.08. The van der Waals surface area contributed by atoms with Gasteiger partial charge in [0.1, 0.15) is 0 Å². The Kier molecular flexibility index (Phi) is 6.71. The molecule has 0 bridgehead atoms. The van der Waals surface area contributed by atoms with Crippen molar-refractivity contribution >= 4 is 5.69 Å². The smallest absolute Gasteiger partial charge is 0.0656 e. The third-order valence-corrected chi connectivity index (χ3v) is 3.05. The molecule has 108 valence electrons. The Bertz CT molecular complexity index is 475. The van der Waals surface area contributed by atoms with Crippen LogP contribution >= 0.6 is 0 Å². The van der Waals surface area contributed by atoms with E-state index in [0.29, 0.717) is 5.92 Å². The lowest BCUT2D eigenvalue weighted by Crippen LogP contribution is -2.08. The van der Waals surface area contributed by atoms with Crippen LogP contribution in [0.15, 0.2) is 42.6 Å². The van der Waals surface area contributed by atoms with E-state index in [1.165, 1.54) is 11.3 Å². The Morgan fingerprint density at radius 3 is 2.05 bits per heavy atom. The molecule has 0 N–H and O–H groups in total. The van der Waals surface area contributed by atoms with Gasteiger partial charge in [-0.1, -0.05) is 32.9 Å². The van der Waals surface area contributed by atoms with Crippen molar-refractivity contribution in [1.82, 2.24) is 10.2 Å². The van der Waals surface area contributed by atoms with E-state index in [1.807, 2.05) is 12.1 Å². The van der Waals surface area contributed by atoms with Crippen LogP contribution in [-0.4, -0.2) is 24.3 Å². The molecule has 0 unspecified atom stereocenters. The summed E-state index contributed by atoms with van der Waals surface area (Å²) in [6.07, 6.45) is 2.81. The molecule has 0 aliphatic heterocycles. The summed E-state index contributed by atoms with van der Waals surface area (Å²) in [7, 11) is 4.11. The SMILES string of the molecule is CC(C)c1cccnn1.CCc1ccc(N(C)C)cc1. The molecule has 2 rings (SSSR count). The first-order chi connectivity index (χ1) is 9.54. The third kappa shape index (κ3) is 5.39. The van der Waals surface area contributed by atoms with Crippen LogP contribution in [-0.2, 0) is 6.42 Å². The maximum absolute atomic E-state index is 3.93. The lowest BCUT2D eigenvalue weighted by atomic mass is 10.1. The van der Waals surface area contributed by atoms with Crippen LogP contribution in [0.4, 0.5) is 5.69 Å². The molecule has 2 aromatic rings. The van der Waals surface area contributed by atoms with E-state index in [2.05, 4.69) is 74.2 Å². The van der Waals surface area contributed by atoms with Crippen LogP contribution in [0.3, 0.4) is 0 Å². The standard InChI is InChI=1S/C10H15N.C7H10N2/c1-4-9-5-7-10(8-6-9)11(2)3;1-6(2)7-4-3-5-8-9-7/h5-8H,4H2,1-3H3;3-6H,1-2H3. The summed E-state index contributed by atoms with van der Waals surface area (Å²) < 4.78 is 0. The first kappa shape index (κ1) is 16.2. The monoisotopic (exact) mass is 271 g/mol. The van der Waals surface area contributed by atoms with Crippen LogP contribution in [0.1, 0.15) is 37.9 Å². The summed E-state index contributed by atoms with van der Waals surface area (Å²) in [6, 6.07) is 12.5. The largest absolute Gasteiger partial charge is 0.378 e. The summed E-state index contributed by atoms with van der Waals surface area (Å²) in [4.78, 5) is 2.11. The average molecular weight is 271 g/mol. The van der Waals surface area contributed by atoms with Gasteiger partial charge in [0, 0.05) is 26.0 Å². The molecule has 0 saturated heterocycles. The number of aryl methyl sites for hydroxylation is 1. The molecule has 0 aliphatic rings. The quantitative estimate of drug-likeness (QED) is 0.847. The Balaban J connectivity index is 0.000000204. The lowest BCUT2D eigenvalue weighted by Gasteiger charge is -2.11. The van der Waals surface area contributed by atoms with Gasteiger partial charge >= 0.3 is 0 Å². The topological polar surface area (TPSA) is 29.0 Å². The van der Waals surface area contributed by atoms with Crippen molar-refractivity contribution in [1.29, 1.82) is 0 Å². The first-order valence-electron chi connectivity index (χ1n) is 7.08. The van der Waals surface area contributed by atoms with Crippen LogP contribution in [0.25, 0.3) is 0 Å². The summed E-state index contributed by atoms with van der Waals surface area (Å²) >= 11 is 0. The second kappa shape index (κ2) is 8.31. The maximum atomic E-state index is 3.93. The lowest BCUT2D eigenvalue weighted by molar-refractivity contribution is 0.785. The van der Waals surface area contributed by atoms with Gasteiger partial charge in [0.15, 0.2) is 0 Å². The van der Waals surface area contributed by atoms with Gasteiger partial charge in [-0.25, -0.2) is 0 Å². The molecule has 3 heteroatoms. The zero-order valence-corrected chi connectivity index (χ0v) is 13.2. The van der Waals surface area contributed by atoms with Gasteiger partial charge in [0.05, 0.1) is 5.69 Å². The third-order valence-electron chi connectivity index (χ3n) is 3.05. The molecule has 0 fully saturated rings. The fraction of sp³-hybridized carbons (Fsp3) is 0.412. The summed E-state index contributed by atoms with van der Waals surface area (Å²) in [5.41, 5.74) is 3.72. The maximum Gasteiger partial charge on any atom is 0.0656 e. The normalized spacial score (nSPS) is 9.90. The molecular formula is C17H25N3. The van der Waals surface area contributed by atoms with Gasteiger partial charge in [-0.05, 0) is 42.2 Å². The molecule has 20 heavy (non-hydrogen) atoms. The molecule has 0 saturated carbocycles. The van der Waals surface area contributed by atoms with Crippen LogP contribution < -0.4 is 4.90 Å². The van der Waals surface area contributed by atoms with E-state index in [-0.39, 0.29) is 0 Å². The second-order valence-electron chi connectivity index (χ2n) is 5.22. The number of nitrogens with zero attached hydrogens (tertiary/aromatic N) is 3. The molecule has 0 spiro atoms. The van der Waals surface area contributed by atoms with Crippen molar-refractivity contribution < 1.29 is 0 Å². The highest BCUT2D eigenvalue weighted by Gasteiger charge is 1.96. The van der Waals surface area contributed by atoms with E-state index in [4.69, 9.17) is 0 Å². The number of aromatic nitrogens is 2. The highest BCUT2D eigenvalue weighted by Crippen LogP contribution is 2.12. The number of hydrogen-bond donors (Lipinski definition) is 0. The van der Waals surface area contributed by atoms with Crippen molar-refractivity contribution in [2.75, 3.05) is 19.0 Å². The number of rotatable bonds is 3. The van der Waals surface area contributed by atoms with E-state index in [0.717, 1.165) is 12.1 Å². The Morgan fingerprint density at radius 1 is 1.05 bits per heavy atom. The van der Waals surface area contributed by atoms with Crippen LogP contribution in [0, 0.1) is 0 Å². The van der Waals surface area contributed by atoms with Gasteiger partial charge in [-0.3, -0.25) is 0 Å². The number of benzene rings is 1. The minimum absolute atomic E-state index is 0.485. The zero-order chi connectivity index (χ0) is 15.0. The molecule has 0 radical (unpaired) electrons. The van der Waals surface area contributed by atoms with E-state index in [1.54, 1.807) is 6.20 Å². The molecule has 1 aromatic heterocycles. The van der Waals surface area contributed by atoms with Crippen molar-refractivity contribution in [2.24, 2.45) is 0 Å². The fourth-order valence-corrected chi connectivity index (χ4v) is 1.65. The van der Waals surface area contributed by atoms with Gasteiger partial charge in [-0.2, -0.15) is 10.2 Å². The number of hydrogen-bond acceptors (Lipinski definition) is 3. The van der Waals surface area contributed by atoms with Crippen LogP contribution in [0.5, 0.6) is 0 Å². The van der Waals surface area contributed by atoms with Gasteiger partial charge < -0.3 is 4.90 Å². The minimum atomic E-state index is 0.485. The molecule has 1 heterocycles. The molecule has 1 aromatic carbocycles. The molecule has 0 amide bonds. The Hall–Kier alpha value is -1.90. The van der Waals surface area contributed by atoms with Crippen molar-refractivity contribution in [3.8, 4) is 0 Å². The molecular weight excluding hydrogens is 246 g/mol. The van der Waals surface area contributed by atoms with Crippen LogP contribution in [0.2, 0.25) is 0 Å². The highest BCUT2D eigenvalue weighted by atomic mass is 15.1. The predicted octanol–water partition coefficient (Wildman–Crippen LogP) is 3.92. The Morgan fingerprint density at radius 2 is 1.70 bits per heavy atom. The van der Waals surface area contributed by atoms with Crippen molar-refractivity contribution in [2.45, 2.75) is 33.1 Å². The van der Waals surface area contributed by atoms with E-state index >= 15 is 0 Å². The minimum Gasteiger partial charge on any atom is -0.378 e. The van der Waals surface area contributed by atoms with Gasteiger partial charge in [0.25, 0.3) is 0 Å². The Labute approximate surface area is 122 Å². The fourth-order valence-electron chi connectivity index (χ4n) is 1.65. The summed E-state index contributed by atoms with van der Waals surface area (Å²) in [5.74, 6) is 0.485. The second-order valence-corrected chi connectivity index (χ2v) is 5.22. The van der Waals surface area contributed by atoms with Crippen molar-refractivity contribution in [3.05, 3.63) is 53.9 Å².